The molecule has 0 aromatic heterocycles. The number of aliphatic hydroxyl groups is 1. The summed E-state index contributed by atoms with van der Waals surface area (Å²) in [5.74, 6) is 0.109. The summed E-state index contributed by atoms with van der Waals surface area (Å²) in [6, 6.07) is 13.9. The van der Waals surface area contributed by atoms with Crippen LogP contribution in [0.15, 0.2) is 53.5 Å². The van der Waals surface area contributed by atoms with E-state index < -0.39 is 0 Å². The standard InChI is InChI=1S/C15H14ClNO2/c16-13-6-7-15(19)12(8-13)9-17-14(10-18)11-4-2-1-3-5-11/h1-9,14,18-19H,10H2/t14-/m0/s1. The molecular weight excluding hydrogens is 262 g/mol. The van der Waals surface area contributed by atoms with Gasteiger partial charge in [0.15, 0.2) is 0 Å². The third kappa shape index (κ3) is 3.56. The van der Waals surface area contributed by atoms with Gasteiger partial charge in [-0.1, -0.05) is 41.9 Å². The van der Waals surface area contributed by atoms with E-state index in [-0.39, 0.29) is 18.4 Å². The average molecular weight is 276 g/mol. The summed E-state index contributed by atoms with van der Waals surface area (Å²) in [5.41, 5.74) is 1.45. The first-order chi connectivity index (χ1) is 9.20. The Kier molecular flexibility index (Phi) is 4.55. The Labute approximate surface area is 116 Å². The highest BCUT2D eigenvalue weighted by Crippen LogP contribution is 2.21. The van der Waals surface area contributed by atoms with Crippen molar-refractivity contribution in [2.75, 3.05) is 6.61 Å². The number of hydrogen-bond acceptors (Lipinski definition) is 3. The van der Waals surface area contributed by atoms with Gasteiger partial charge in [0.2, 0.25) is 0 Å². The van der Waals surface area contributed by atoms with Crippen LogP contribution in [0.1, 0.15) is 17.2 Å². The van der Waals surface area contributed by atoms with Crippen LogP contribution in [0.4, 0.5) is 0 Å². The predicted octanol–water partition coefficient (Wildman–Crippen LogP) is 3.20. The van der Waals surface area contributed by atoms with Gasteiger partial charge in [0, 0.05) is 16.8 Å². The van der Waals surface area contributed by atoms with Gasteiger partial charge in [-0.25, -0.2) is 0 Å². The molecule has 0 radical (unpaired) electrons. The lowest BCUT2D eigenvalue weighted by molar-refractivity contribution is 0.269. The second kappa shape index (κ2) is 6.36. The zero-order chi connectivity index (χ0) is 13.7. The Hall–Kier alpha value is -1.84. The van der Waals surface area contributed by atoms with Crippen LogP contribution in [0.2, 0.25) is 5.02 Å². The molecule has 1 atom stereocenters. The fourth-order valence-electron chi connectivity index (χ4n) is 1.71. The van der Waals surface area contributed by atoms with Gasteiger partial charge in [-0.2, -0.15) is 0 Å². The molecule has 0 unspecified atom stereocenters. The number of rotatable bonds is 4. The lowest BCUT2D eigenvalue weighted by Gasteiger charge is -2.09. The van der Waals surface area contributed by atoms with Crippen LogP contribution in [0.5, 0.6) is 5.75 Å². The molecule has 2 aromatic carbocycles. The molecule has 98 valence electrons. The summed E-state index contributed by atoms with van der Waals surface area (Å²) < 4.78 is 0. The minimum atomic E-state index is -0.348. The largest absolute Gasteiger partial charge is 0.507 e. The smallest absolute Gasteiger partial charge is 0.124 e. The number of halogens is 1. The van der Waals surface area contributed by atoms with Crippen molar-refractivity contribution in [3.05, 3.63) is 64.7 Å². The zero-order valence-corrected chi connectivity index (χ0v) is 11.0. The van der Waals surface area contributed by atoms with Gasteiger partial charge < -0.3 is 10.2 Å². The van der Waals surface area contributed by atoms with E-state index in [9.17, 15) is 10.2 Å². The Morgan fingerprint density at radius 1 is 1.16 bits per heavy atom. The summed E-state index contributed by atoms with van der Waals surface area (Å²) in [4.78, 5) is 4.29. The number of aliphatic hydroxyl groups excluding tert-OH is 1. The van der Waals surface area contributed by atoms with Crippen LogP contribution in [0.3, 0.4) is 0 Å². The number of aliphatic imine (C=N–C) groups is 1. The maximum Gasteiger partial charge on any atom is 0.124 e. The topological polar surface area (TPSA) is 52.8 Å². The number of benzene rings is 2. The third-order valence-corrected chi connectivity index (χ3v) is 2.98. The summed E-state index contributed by atoms with van der Waals surface area (Å²) in [6.07, 6.45) is 1.52. The monoisotopic (exact) mass is 275 g/mol. The van der Waals surface area contributed by atoms with E-state index in [2.05, 4.69) is 4.99 Å². The van der Waals surface area contributed by atoms with Crippen molar-refractivity contribution in [3.63, 3.8) is 0 Å². The van der Waals surface area contributed by atoms with Crippen LogP contribution in [-0.2, 0) is 0 Å². The lowest BCUT2D eigenvalue weighted by atomic mass is 10.1. The molecule has 0 aliphatic rings. The molecule has 2 rings (SSSR count). The van der Waals surface area contributed by atoms with Crippen molar-refractivity contribution in [2.24, 2.45) is 4.99 Å². The minimum Gasteiger partial charge on any atom is -0.507 e. The van der Waals surface area contributed by atoms with E-state index in [0.717, 1.165) is 5.56 Å². The van der Waals surface area contributed by atoms with Gasteiger partial charge in [0.05, 0.1) is 12.6 Å². The molecular formula is C15H14ClNO2. The number of aromatic hydroxyl groups is 1. The number of phenolic OH excluding ortho intramolecular Hbond substituents is 1. The van der Waals surface area contributed by atoms with Gasteiger partial charge in [-0.3, -0.25) is 4.99 Å². The first-order valence-electron chi connectivity index (χ1n) is 5.88. The normalized spacial score (nSPS) is 12.7. The molecule has 0 saturated heterocycles. The van der Waals surface area contributed by atoms with Crippen LogP contribution in [0.25, 0.3) is 0 Å². The summed E-state index contributed by atoms with van der Waals surface area (Å²) in [6.45, 7) is -0.0954. The highest BCUT2D eigenvalue weighted by Gasteiger charge is 2.07. The van der Waals surface area contributed by atoms with Gasteiger partial charge in [0.25, 0.3) is 0 Å². The molecule has 0 aliphatic heterocycles. The fraction of sp³-hybridized carbons (Fsp3) is 0.133. The molecule has 0 bridgehead atoms. The highest BCUT2D eigenvalue weighted by molar-refractivity contribution is 6.30. The first kappa shape index (κ1) is 13.6. The molecule has 0 spiro atoms. The first-order valence-corrected chi connectivity index (χ1v) is 6.26. The second-order valence-electron chi connectivity index (χ2n) is 4.09. The molecule has 2 aromatic rings. The number of hydrogen-bond donors (Lipinski definition) is 2. The van der Waals surface area contributed by atoms with E-state index >= 15 is 0 Å². The summed E-state index contributed by atoms with van der Waals surface area (Å²) in [7, 11) is 0. The molecule has 2 N–H and O–H groups in total. The zero-order valence-electron chi connectivity index (χ0n) is 10.2. The Bertz CT molecular complexity index is 570. The third-order valence-electron chi connectivity index (χ3n) is 2.74. The summed E-state index contributed by atoms with van der Waals surface area (Å²) >= 11 is 5.86. The molecule has 0 saturated carbocycles. The Morgan fingerprint density at radius 2 is 1.89 bits per heavy atom. The van der Waals surface area contributed by atoms with Crippen LogP contribution in [-0.4, -0.2) is 23.0 Å². The maximum atomic E-state index is 9.68. The van der Waals surface area contributed by atoms with Crippen molar-refractivity contribution in [2.45, 2.75) is 6.04 Å². The van der Waals surface area contributed by atoms with E-state index in [1.54, 1.807) is 12.1 Å². The van der Waals surface area contributed by atoms with Crippen molar-refractivity contribution < 1.29 is 10.2 Å². The SMILES string of the molecule is OC[C@H](N=Cc1cc(Cl)ccc1O)c1ccccc1. The number of nitrogens with zero attached hydrogens (tertiary/aromatic N) is 1. The van der Waals surface area contributed by atoms with Gasteiger partial charge in [0.1, 0.15) is 5.75 Å². The maximum absolute atomic E-state index is 9.68. The number of phenols is 1. The van der Waals surface area contributed by atoms with E-state index in [0.29, 0.717) is 10.6 Å². The van der Waals surface area contributed by atoms with Crippen molar-refractivity contribution in [3.8, 4) is 5.75 Å². The fourth-order valence-corrected chi connectivity index (χ4v) is 1.89. The molecule has 0 fully saturated rings. The molecule has 0 heterocycles. The molecule has 19 heavy (non-hydrogen) atoms. The molecule has 4 heteroatoms. The Balaban J connectivity index is 2.23. The van der Waals surface area contributed by atoms with Crippen LogP contribution >= 0.6 is 11.6 Å². The van der Waals surface area contributed by atoms with Crippen molar-refractivity contribution >= 4 is 17.8 Å². The van der Waals surface area contributed by atoms with E-state index in [4.69, 9.17) is 11.6 Å². The van der Waals surface area contributed by atoms with E-state index in [1.807, 2.05) is 30.3 Å². The molecule has 0 amide bonds. The average Bonchev–Trinajstić information content (AvgIpc) is 2.44. The van der Waals surface area contributed by atoms with Gasteiger partial charge in [-0.15, -0.1) is 0 Å². The van der Waals surface area contributed by atoms with Crippen LogP contribution in [0, 0.1) is 0 Å². The second-order valence-corrected chi connectivity index (χ2v) is 4.53. The minimum absolute atomic E-state index is 0.0954. The van der Waals surface area contributed by atoms with Crippen molar-refractivity contribution in [1.29, 1.82) is 0 Å². The van der Waals surface area contributed by atoms with Gasteiger partial charge >= 0.3 is 0 Å². The van der Waals surface area contributed by atoms with Crippen molar-refractivity contribution in [1.82, 2.24) is 0 Å². The quantitative estimate of drug-likeness (QED) is 0.842. The molecule has 3 nitrogen and oxygen atoms in total. The van der Waals surface area contributed by atoms with Gasteiger partial charge in [-0.05, 0) is 23.8 Å². The van der Waals surface area contributed by atoms with Crippen LogP contribution < -0.4 is 0 Å². The lowest BCUT2D eigenvalue weighted by Crippen LogP contribution is -2.01. The van der Waals surface area contributed by atoms with E-state index in [1.165, 1.54) is 12.3 Å². The predicted molar refractivity (Wildman–Crippen MR) is 77.0 cm³/mol. The molecule has 0 aliphatic carbocycles. The highest BCUT2D eigenvalue weighted by atomic mass is 35.5. The Morgan fingerprint density at radius 3 is 2.58 bits per heavy atom. The summed E-state index contributed by atoms with van der Waals surface area (Å²) in [5, 5.41) is 19.6.